The summed E-state index contributed by atoms with van der Waals surface area (Å²) in [7, 11) is 1.62. The molecule has 0 spiro atoms. The summed E-state index contributed by atoms with van der Waals surface area (Å²) in [5, 5.41) is 13.4. The first-order valence-electron chi connectivity index (χ1n) is 6.45. The number of benzene rings is 1. The van der Waals surface area contributed by atoms with E-state index in [1.807, 2.05) is 24.3 Å². The molecule has 3 rings (SSSR count). The number of fused-ring (bicyclic) bond motifs is 1. The number of amides is 1. The van der Waals surface area contributed by atoms with Crippen LogP contribution in [0.5, 0.6) is 5.75 Å². The van der Waals surface area contributed by atoms with Gasteiger partial charge in [-0.3, -0.25) is 4.79 Å². The highest BCUT2D eigenvalue weighted by Crippen LogP contribution is 2.22. The summed E-state index contributed by atoms with van der Waals surface area (Å²) in [6.07, 6.45) is 0. The molecule has 0 unspecified atom stereocenters. The van der Waals surface area contributed by atoms with Crippen molar-refractivity contribution >= 4 is 23.3 Å². The largest absolute Gasteiger partial charge is 0.497 e. The monoisotopic (exact) mass is 315 g/mol. The van der Waals surface area contributed by atoms with E-state index in [4.69, 9.17) is 10.5 Å². The minimum absolute atomic E-state index is 0.179. The summed E-state index contributed by atoms with van der Waals surface area (Å²) >= 11 is 1.27. The van der Waals surface area contributed by atoms with E-state index in [2.05, 4.69) is 15.3 Å². The number of nitrogens with zero attached hydrogens (tertiary/aromatic N) is 4. The zero-order valence-electron chi connectivity index (χ0n) is 11.8. The number of aromatic nitrogens is 4. The number of carbonyl (C=O) groups is 1. The van der Waals surface area contributed by atoms with E-state index in [1.54, 1.807) is 23.8 Å². The third-order valence-electron chi connectivity index (χ3n) is 2.95. The van der Waals surface area contributed by atoms with Gasteiger partial charge in [-0.1, -0.05) is 11.8 Å². The lowest BCUT2D eigenvalue weighted by molar-refractivity contribution is -0.115. The highest BCUT2D eigenvalue weighted by atomic mass is 32.2. The van der Waals surface area contributed by atoms with Gasteiger partial charge in [-0.25, -0.2) is 0 Å². The van der Waals surface area contributed by atoms with Crippen LogP contribution in [-0.2, 0) is 4.79 Å². The van der Waals surface area contributed by atoms with Crippen LogP contribution in [0.1, 0.15) is 0 Å². The number of hydrogen-bond donors (Lipinski definition) is 1. The summed E-state index contributed by atoms with van der Waals surface area (Å²) in [6, 6.07) is 11.1. The van der Waals surface area contributed by atoms with Crippen molar-refractivity contribution in [2.45, 2.75) is 5.03 Å². The number of thioether (sulfide) groups is 1. The summed E-state index contributed by atoms with van der Waals surface area (Å²) in [5.74, 6) is 1.19. The topological polar surface area (TPSA) is 95.4 Å². The SMILES string of the molecule is COc1ccc(-c2nnc3ccc(SCC(N)=O)nn23)cc1. The van der Waals surface area contributed by atoms with Gasteiger partial charge in [-0.05, 0) is 36.4 Å². The summed E-state index contributed by atoms with van der Waals surface area (Å²) in [5.41, 5.74) is 6.66. The zero-order chi connectivity index (χ0) is 15.5. The number of rotatable bonds is 5. The van der Waals surface area contributed by atoms with Gasteiger partial charge in [-0.2, -0.15) is 9.61 Å². The molecule has 2 heterocycles. The number of hydrogen-bond acceptors (Lipinski definition) is 6. The van der Waals surface area contributed by atoms with Crippen LogP contribution in [0.4, 0.5) is 0 Å². The van der Waals surface area contributed by atoms with Gasteiger partial charge in [0.1, 0.15) is 10.8 Å². The zero-order valence-corrected chi connectivity index (χ0v) is 12.6. The van der Waals surface area contributed by atoms with Crippen LogP contribution in [0, 0.1) is 0 Å². The molecule has 112 valence electrons. The minimum Gasteiger partial charge on any atom is -0.497 e. The Balaban J connectivity index is 1.98. The molecule has 0 saturated carbocycles. The number of methoxy groups -OCH3 is 1. The fourth-order valence-corrected chi connectivity index (χ4v) is 2.51. The Hall–Kier alpha value is -2.61. The molecule has 0 saturated heterocycles. The third-order valence-corrected chi connectivity index (χ3v) is 3.89. The summed E-state index contributed by atoms with van der Waals surface area (Å²) < 4.78 is 6.79. The van der Waals surface area contributed by atoms with E-state index in [1.165, 1.54) is 11.8 Å². The quantitative estimate of drug-likeness (QED) is 0.715. The van der Waals surface area contributed by atoms with Crippen LogP contribution in [0.3, 0.4) is 0 Å². The predicted octanol–water partition coefficient (Wildman–Crippen LogP) is 1.38. The molecule has 22 heavy (non-hydrogen) atoms. The van der Waals surface area contributed by atoms with Crippen LogP contribution in [0.2, 0.25) is 0 Å². The van der Waals surface area contributed by atoms with Gasteiger partial charge in [0.15, 0.2) is 11.5 Å². The molecule has 0 atom stereocenters. The molecule has 7 nitrogen and oxygen atoms in total. The maximum Gasteiger partial charge on any atom is 0.227 e. The molecule has 3 aromatic rings. The number of nitrogens with two attached hydrogens (primary N) is 1. The van der Waals surface area contributed by atoms with Crippen molar-refractivity contribution in [2.24, 2.45) is 5.73 Å². The maximum atomic E-state index is 10.9. The third kappa shape index (κ3) is 2.86. The van der Waals surface area contributed by atoms with Gasteiger partial charge in [0.05, 0.1) is 12.9 Å². The summed E-state index contributed by atoms with van der Waals surface area (Å²) in [4.78, 5) is 10.9. The molecule has 2 aromatic heterocycles. The Bertz CT molecular complexity index is 816. The van der Waals surface area contributed by atoms with E-state index in [0.717, 1.165) is 11.3 Å². The average molecular weight is 315 g/mol. The number of primary amides is 1. The van der Waals surface area contributed by atoms with Crippen molar-refractivity contribution in [1.29, 1.82) is 0 Å². The van der Waals surface area contributed by atoms with Gasteiger partial charge >= 0.3 is 0 Å². The van der Waals surface area contributed by atoms with Crippen molar-refractivity contribution < 1.29 is 9.53 Å². The van der Waals surface area contributed by atoms with Crippen LogP contribution < -0.4 is 10.5 Å². The highest BCUT2D eigenvalue weighted by Gasteiger charge is 2.10. The predicted molar refractivity (Wildman–Crippen MR) is 82.7 cm³/mol. The second-order valence-electron chi connectivity index (χ2n) is 4.45. The van der Waals surface area contributed by atoms with Gasteiger partial charge in [-0.15, -0.1) is 10.2 Å². The molecule has 0 fully saturated rings. The Morgan fingerprint density at radius 3 is 2.68 bits per heavy atom. The molecule has 0 bridgehead atoms. The van der Waals surface area contributed by atoms with Crippen molar-refractivity contribution in [3.05, 3.63) is 36.4 Å². The van der Waals surface area contributed by atoms with Crippen molar-refractivity contribution in [3.63, 3.8) is 0 Å². The number of ether oxygens (including phenoxy) is 1. The molecule has 1 amide bonds. The lowest BCUT2D eigenvalue weighted by Crippen LogP contribution is -2.13. The van der Waals surface area contributed by atoms with Gasteiger partial charge < -0.3 is 10.5 Å². The van der Waals surface area contributed by atoms with Crippen molar-refractivity contribution in [3.8, 4) is 17.1 Å². The van der Waals surface area contributed by atoms with Gasteiger partial charge in [0.25, 0.3) is 0 Å². The Labute approximate surface area is 130 Å². The highest BCUT2D eigenvalue weighted by molar-refractivity contribution is 7.99. The number of carbonyl (C=O) groups excluding carboxylic acids is 1. The Morgan fingerprint density at radius 2 is 2.00 bits per heavy atom. The minimum atomic E-state index is -0.383. The smallest absolute Gasteiger partial charge is 0.227 e. The van der Waals surface area contributed by atoms with Crippen LogP contribution in [0.15, 0.2) is 41.4 Å². The van der Waals surface area contributed by atoms with E-state index < -0.39 is 0 Å². The first-order chi connectivity index (χ1) is 10.7. The first-order valence-corrected chi connectivity index (χ1v) is 7.44. The molecular weight excluding hydrogens is 302 g/mol. The fraction of sp³-hybridized carbons (Fsp3) is 0.143. The molecule has 0 aliphatic heterocycles. The molecule has 0 aliphatic carbocycles. The second kappa shape index (κ2) is 6.02. The van der Waals surface area contributed by atoms with E-state index in [-0.39, 0.29) is 11.7 Å². The Kier molecular flexibility index (Phi) is 3.92. The van der Waals surface area contributed by atoms with E-state index in [0.29, 0.717) is 16.5 Å². The van der Waals surface area contributed by atoms with Gasteiger partial charge in [0, 0.05) is 5.56 Å². The first kappa shape index (κ1) is 14.3. The average Bonchev–Trinajstić information content (AvgIpc) is 2.96. The van der Waals surface area contributed by atoms with Crippen LogP contribution >= 0.6 is 11.8 Å². The second-order valence-corrected chi connectivity index (χ2v) is 5.44. The van der Waals surface area contributed by atoms with Gasteiger partial charge in [0.2, 0.25) is 5.91 Å². The normalized spacial score (nSPS) is 10.8. The molecule has 0 aliphatic rings. The van der Waals surface area contributed by atoms with E-state index >= 15 is 0 Å². The molecule has 8 heteroatoms. The molecular formula is C14H13N5O2S. The fourth-order valence-electron chi connectivity index (χ4n) is 1.91. The lowest BCUT2D eigenvalue weighted by Gasteiger charge is -2.03. The Morgan fingerprint density at radius 1 is 1.23 bits per heavy atom. The molecule has 1 aromatic carbocycles. The van der Waals surface area contributed by atoms with E-state index in [9.17, 15) is 4.79 Å². The maximum absolute atomic E-state index is 10.9. The van der Waals surface area contributed by atoms with Crippen molar-refractivity contribution in [1.82, 2.24) is 19.8 Å². The van der Waals surface area contributed by atoms with Crippen molar-refractivity contribution in [2.75, 3.05) is 12.9 Å². The lowest BCUT2D eigenvalue weighted by atomic mass is 10.2. The summed E-state index contributed by atoms with van der Waals surface area (Å²) in [6.45, 7) is 0. The molecule has 2 N–H and O–H groups in total. The standard InChI is InChI=1S/C14H13N5O2S/c1-21-10-4-2-9(3-5-10)14-17-16-12-6-7-13(18-19(12)14)22-8-11(15)20/h2-7H,8H2,1H3,(H2,15,20). The molecule has 0 radical (unpaired) electrons. The van der Waals surface area contributed by atoms with Crippen LogP contribution in [-0.4, -0.2) is 38.6 Å². The van der Waals surface area contributed by atoms with Crippen LogP contribution in [0.25, 0.3) is 17.0 Å².